The second-order valence-corrected chi connectivity index (χ2v) is 21.0. The summed E-state index contributed by atoms with van der Waals surface area (Å²) >= 11 is 0. The second-order valence-electron chi connectivity index (χ2n) is 21.0. The average Bonchev–Trinajstić information content (AvgIpc) is 3.69. The van der Waals surface area contributed by atoms with Crippen LogP contribution in [0.2, 0.25) is 0 Å². The van der Waals surface area contributed by atoms with Gasteiger partial charge in [0.05, 0.1) is 49.3 Å². The molecule has 6 heterocycles. The first-order valence-electron chi connectivity index (χ1n) is 26.0. The van der Waals surface area contributed by atoms with Crippen LogP contribution in [0.5, 0.6) is 11.5 Å². The van der Waals surface area contributed by atoms with Gasteiger partial charge in [-0.15, -0.1) is 0 Å². The summed E-state index contributed by atoms with van der Waals surface area (Å²) in [6.45, 7) is 17.4. The van der Waals surface area contributed by atoms with Crippen molar-refractivity contribution in [3.63, 3.8) is 0 Å². The van der Waals surface area contributed by atoms with Gasteiger partial charge in [0.1, 0.15) is 53.5 Å². The fraction of sp³-hybridized carbons (Fsp3) is 0.679. The summed E-state index contributed by atoms with van der Waals surface area (Å²) in [7, 11) is 3.22. The number of benzene rings is 1. The van der Waals surface area contributed by atoms with Gasteiger partial charge in [-0.05, 0) is 87.1 Å². The fourth-order valence-electron chi connectivity index (χ4n) is 11.2. The number of carbonyl (C=O) groups is 2. The Hall–Kier alpha value is -3.82. The second kappa shape index (κ2) is 24.5. The molecule has 7 aliphatic rings. The lowest BCUT2D eigenvalue weighted by atomic mass is 9.71. The first-order valence-corrected chi connectivity index (χ1v) is 26.0. The molecule has 1 spiro atoms. The number of phenolic OH excluding ortho intramolecular Hbond substituents is 1. The summed E-state index contributed by atoms with van der Waals surface area (Å²) < 4.78 is 68.4. The van der Waals surface area contributed by atoms with Crippen molar-refractivity contribution in [3.8, 4) is 11.5 Å². The number of fused-ring (bicyclic) bond motifs is 2. The SMILES string of the molecule is CC(=O)Oc1ccc(O)cc1.CCC(C)C1OC2(C=CC1C)CC1CC(CC=C(C)C(OC3CC(OC)C(OC4CC(OC)C(O)C(C)O4)C(C)O3)C(C)C=CC=C3COC4C(O)C(C)=CC(C(=O)O1)C34O)O2. The van der Waals surface area contributed by atoms with Crippen LogP contribution in [0, 0.1) is 23.7 Å². The van der Waals surface area contributed by atoms with E-state index in [1.165, 1.54) is 31.2 Å². The number of aliphatic hydroxyl groups is 3. The van der Waals surface area contributed by atoms with E-state index in [2.05, 4.69) is 39.8 Å². The van der Waals surface area contributed by atoms with Gasteiger partial charge < -0.3 is 72.5 Å². The van der Waals surface area contributed by atoms with Gasteiger partial charge in [-0.25, -0.2) is 0 Å². The van der Waals surface area contributed by atoms with Crippen LogP contribution >= 0.6 is 0 Å². The van der Waals surface area contributed by atoms with Crippen molar-refractivity contribution in [1.29, 1.82) is 0 Å². The van der Waals surface area contributed by atoms with E-state index >= 15 is 0 Å². The summed E-state index contributed by atoms with van der Waals surface area (Å²) in [5.74, 6) is -2.33. The molecule has 4 saturated heterocycles. The van der Waals surface area contributed by atoms with Crippen LogP contribution in [0.3, 0.4) is 0 Å². The van der Waals surface area contributed by atoms with E-state index in [0.29, 0.717) is 49.0 Å². The highest BCUT2D eigenvalue weighted by Crippen LogP contribution is 2.47. The number of hydrogen-bond acceptors (Lipinski definition) is 17. The Kier molecular flexibility index (Phi) is 19.1. The Morgan fingerprint density at radius 3 is 2.25 bits per heavy atom. The van der Waals surface area contributed by atoms with Gasteiger partial charge in [0.15, 0.2) is 18.4 Å². The molecule has 1 aromatic carbocycles. The molecule has 4 N–H and O–H groups in total. The molecule has 17 heteroatoms. The molecular formula is C56H80O17. The van der Waals surface area contributed by atoms with Gasteiger partial charge in [-0.1, -0.05) is 70.6 Å². The summed E-state index contributed by atoms with van der Waals surface area (Å²) in [6.07, 6.45) is 8.55. The Bertz CT molecular complexity index is 2190. The van der Waals surface area contributed by atoms with Gasteiger partial charge in [-0.3, -0.25) is 9.59 Å². The smallest absolute Gasteiger partial charge is 0.316 e. The predicted octanol–water partition coefficient (Wildman–Crippen LogP) is 6.69. The molecule has 0 radical (unpaired) electrons. The Morgan fingerprint density at radius 2 is 1.56 bits per heavy atom. The lowest BCUT2D eigenvalue weighted by Gasteiger charge is -2.48. The number of esters is 2. The average molecular weight is 1030 g/mol. The number of phenols is 1. The summed E-state index contributed by atoms with van der Waals surface area (Å²) in [6, 6.07) is 5.96. The summed E-state index contributed by atoms with van der Waals surface area (Å²) in [5, 5.41) is 43.1. The van der Waals surface area contributed by atoms with Crippen molar-refractivity contribution in [3.05, 3.63) is 83.5 Å². The van der Waals surface area contributed by atoms with Gasteiger partial charge in [0.25, 0.3) is 0 Å². The molecule has 20 atom stereocenters. The molecule has 406 valence electrons. The van der Waals surface area contributed by atoms with E-state index in [1.807, 2.05) is 32.1 Å². The van der Waals surface area contributed by atoms with Crippen LogP contribution in [0.4, 0.5) is 0 Å². The van der Waals surface area contributed by atoms with Gasteiger partial charge in [-0.2, -0.15) is 0 Å². The van der Waals surface area contributed by atoms with E-state index < -0.39 is 90.8 Å². The summed E-state index contributed by atoms with van der Waals surface area (Å²) in [4.78, 5) is 24.8. The number of rotatable bonds is 9. The Morgan fingerprint density at radius 1 is 0.877 bits per heavy atom. The number of aliphatic hydroxyl groups excluding tert-OH is 2. The molecule has 1 aromatic rings. The highest BCUT2D eigenvalue weighted by atomic mass is 16.7. The maximum absolute atomic E-state index is 14.3. The van der Waals surface area contributed by atoms with Crippen molar-refractivity contribution in [2.75, 3.05) is 20.8 Å². The Balaban J connectivity index is 0.000000628. The molecule has 0 amide bonds. The molecule has 1 aliphatic carbocycles. The third-order valence-electron chi connectivity index (χ3n) is 15.6. The highest BCUT2D eigenvalue weighted by molar-refractivity contribution is 5.78. The van der Waals surface area contributed by atoms with E-state index in [0.717, 1.165) is 12.0 Å². The fourth-order valence-corrected chi connectivity index (χ4v) is 11.2. The maximum atomic E-state index is 14.3. The van der Waals surface area contributed by atoms with Crippen LogP contribution in [-0.2, 0) is 57.0 Å². The topological polar surface area (TPSA) is 217 Å². The largest absolute Gasteiger partial charge is 0.508 e. The minimum atomic E-state index is -1.84. The Labute approximate surface area is 430 Å². The van der Waals surface area contributed by atoms with Crippen molar-refractivity contribution in [2.45, 2.75) is 198 Å². The standard InChI is InChI=1S/C48H72O14.C8H8O3/c1-11-25(2)43-28(5)17-18-47(62-43)23-34-20-33(61-47)16-15-27(4)42(26(3)13-12-14-32-24-55-45-40(49)29(6)19-35(46(51)58-34)48(32,45)52)59-39-22-37(54-10)44(31(8)57-39)60-38-21-36(53-9)41(50)30(7)56-38;1-6(9)11-8-4-2-7(10)3-5-8/h12-15,17-19,25-26,28,30-31,33-45,49-50,52H,11,16,20-24H2,1-10H3;2-5,10H,1H3. The van der Waals surface area contributed by atoms with Crippen molar-refractivity contribution in [1.82, 2.24) is 0 Å². The van der Waals surface area contributed by atoms with E-state index in [1.54, 1.807) is 40.2 Å². The number of hydrogen-bond donors (Lipinski definition) is 4. The van der Waals surface area contributed by atoms with Crippen LogP contribution < -0.4 is 4.74 Å². The lowest BCUT2D eigenvalue weighted by Crippen LogP contribution is -2.58. The van der Waals surface area contributed by atoms with Crippen molar-refractivity contribution >= 4 is 11.9 Å². The van der Waals surface area contributed by atoms with Crippen LogP contribution in [0.25, 0.3) is 0 Å². The number of carbonyl (C=O) groups excluding carboxylic acids is 2. The quantitative estimate of drug-likeness (QED) is 0.115. The van der Waals surface area contributed by atoms with Crippen LogP contribution in [-0.4, -0.2) is 150 Å². The maximum Gasteiger partial charge on any atom is 0.316 e. The molecule has 2 bridgehead atoms. The molecule has 4 fully saturated rings. The molecule has 8 rings (SSSR count). The zero-order valence-electron chi connectivity index (χ0n) is 44.3. The van der Waals surface area contributed by atoms with Crippen molar-refractivity contribution in [2.24, 2.45) is 23.7 Å². The van der Waals surface area contributed by atoms with Gasteiger partial charge in [0, 0.05) is 58.7 Å². The molecule has 20 unspecified atom stereocenters. The van der Waals surface area contributed by atoms with Crippen LogP contribution in [0.1, 0.15) is 101 Å². The minimum absolute atomic E-state index is 0.0317. The number of allylic oxidation sites excluding steroid dienone is 2. The predicted molar refractivity (Wildman–Crippen MR) is 267 cm³/mol. The molecule has 0 saturated carbocycles. The minimum Gasteiger partial charge on any atom is -0.508 e. The molecule has 0 aromatic heterocycles. The number of methoxy groups -OCH3 is 2. The normalized spacial score (nSPS) is 41.3. The molecular weight excluding hydrogens is 945 g/mol. The first-order chi connectivity index (χ1) is 34.7. The molecule has 17 nitrogen and oxygen atoms in total. The zero-order valence-corrected chi connectivity index (χ0v) is 44.3. The first kappa shape index (κ1) is 56.9. The lowest BCUT2D eigenvalue weighted by molar-refractivity contribution is -0.318. The summed E-state index contributed by atoms with van der Waals surface area (Å²) in [5.41, 5.74) is 0.134. The van der Waals surface area contributed by atoms with Crippen LogP contribution in [0.15, 0.2) is 83.5 Å². The van der Waals surface area contributed by atoms with Gasteiger partial charge >= 0.3 is 11.9 Å². The monoisotopic (exact) mass is 1020 g/mol. The van der Waals surface area contributed by atoms with Crippen molar-refractivity contribution < 1.29 is 82.1 Å². The molecule has 73 heavy (non-hydrogen) atoms. The van der Waals surface area contributed by atoms with E-state index in [9.17, 15) is 24.9 Å². The number of ether oxygens (including phenoxy) is 11. The zero-order chi connectivity index (χ0) is 52.9. The third kappa shape index (κ3) is 13.1. The molecule has 6 aliphatic heterocycles. The van der Waals surface area contributed by atoms with E-state index in [4.69, 9.17) is 57.2 Å². The highest BCUT2D eigenvalue weighted by Gasteiger charge is 2.60. The number of aromatic hydroxyl groups is 1. The third-order valence-corrected chi connectivity index (χ3v) is 15.6. The van der Waals surface area contributed by atoms with Gasteiger partial charge in [0.2, 0.25) is 0 Å². The van der Waals surface area contributed by atoms with E-state index in [-0.39, 0.29) is 54.4 Å².